The molecule has 6 nitrogen and oxygen atoms in total. The van der Waals surface area contributed by atoms with Crippen molar-refractivity contribution in [1.82, 2.24) is 15.2 Å². The molecule has 0 atom stereocenters. The number of rotatable bonds is 6. The molecule has 7 heteroatoms. The lowest BCUT2D eigenvalue weighted by Crippen LogP contribution is -2.18. The Hall–Kier alpha value is -2.93. The first kappa shape index (κ1) is 17.9. The van der Waals surface area contributed by atoms with Crippen LogP contribution in [0.5, 0.6) is 5.75 Å². The Balaban J connectivity index is 1.61. The molecule has 3 rings (SSSR count). The van der Waals surface area contributed by atoms with Crippen LogP contribution in [0.1, 0.15) is 21.6 Å². The molecule has 0 unspecified atom stereocenters. The molecule has 0 spiro atoms. The summed E-state index contributed by atoms with van der Waals surface area (Å²) in [5.41, 5.74) is 4.65. The van der Waals surface area contributed by atoms with Gasteiger partial charge in [0, 0.05) is 16.2 Å². The monoisotopic (exact) mass is 412 g/mol. The van der Waals surface area contributed by atoms with Crippen LogP contribution in [0.25, 0.3) is 0 Å². The number of nitrogens with zero attached hydrogens (tertiary/aromatic N) is 3. The lowest BCUT2D eigenvalue weighted by molar-refractivity contribution is 0.0949. The number of aromatic nitrogens is 2. The van der Waals surface area contributed by atoms with Crippen LogP contribution in [0.15, 0.2) is 70.4 Å². The van der Waals surface area contributed by atoms with E-state index >= 15 is 0 Å². The van der Waals surface area contributed by atoms with E-state index in [9.17, 15) is 4.79 Å². The van der Waals surface area contributed by atoms with Crippen molar-refractivity contribution in [2.75, 3.05) is 7.11 Å². The van der Waals surface area contributed by atoms with E-state index in [-0.39, 0.29) is 5.91 Å². The molecule has 26 heavy (non-hydrogen) atoms. The maximum absolute atomic E-state index is 12.2. The van der Waals surface area contributed by atoms with Crippen LogP contribution in [-0.4, -0.2) is 29.0 Å². The molecule has 0 aliphatic carbocycles. The van der Waals surface area contributed by atoms with Crippen molar-refractivity contribution in [3.63, 3.8) is 0 Å². The van der Waals surface area contributed by atoms with Gasteiger partial charge in [-0.2, -0.15) is 10.2 Å². The number of benzene rings is 2. The Morgan fingerprint density at radius 3 is 2.77 bits per heavy atom. The zero-order chi connectivity index (χ0) is 18.4. The molecule has 1 aromatic heterocycles. The van der Waals surface area contributed by atoms with Crippen molar-refractivity contribution in [3.05, 3.63) is 82.1 Å². The zero-order valence-electron chi connectivity index (χ0n) is 14.1. The van der Waals surface area contributed by atoms with Crippen molar-refractivity contribution in [3.8, 4) is 5.75 Å². The number of carbonyl (C=O) groups excluding carboxylic acids is 1. The molecule has 1 N–H and O–H groups in total. The van der Waals surface area contributed by atoms with E-state index in [1.807, 2.05) is 48.5 Å². The molecule has 1 amide bonds. The van der Waals surface area contributed by atoms with E-state index in [0.717, 1.165) is 15.6 Å². The van der Waals surface area contributed by atoms with Crippen LogP contribution in [-0.2, 0) is 6.54 Å². The van der Waals surface area contributed by atoms with Crippen molar-refractivity contribution in [1.29, 1.82) is 0 Å². The van der Waals surface area contributed by atoms with Crippen LogP contribution >= 0.6 is 15.9 Å². The lowest BCUT2D eigenvalue weighted by atomic mass is 10.2. The second-order valence-corrected chi connectivity index (χ2v) is 6.38. The fourth-order valence-electron chi connectivity index (χ4n) is 2.34. The van der Waals surface area contributed by atoms with Gasteiger partial charge in [0.1, 0.15) is 5.75 Å². The van der Waals surface area contributed by atoms with Crippen molar-refractivity contribution in [2.45, 2.75) is 6.54 Å². The van der Waals surface area contributed by atoms with E-state index in [1.54, 1.807) is 24.1 Å². The van der Waals surface area contributed by atoms with Crippen LogP contribution < -0.4 is 10.2 Å². The van der Waals surface area contributed by atoms with E-state index in [2.05, 4.69) is 31.6 Å². The molecule has 0 aliphatic heterocycles. The van der Waals surface area contributed by atoms with Crippen LogP contribution in [0.3, 0.4) is 0 Å². The van der Waals surface area contributed by atoms with E-state index in [1.165, 1.54) is 6.21 Å². The summed E-state index contributed by atoms with van der Waals surface area (Å²) in [6.45, 7) is 0.588. The third-order valence-corrected chi connectivity index (χ3v) is 4.17. The third kappa shape index (κ3) is 4.58. The third-order valence-electron chi connectivity index (χ3n) is 3.64. The molecular weight excluding hydrogens is 396 g/mol. The molecule has 2 aromatic carbocycles. The number of hydrogen-bond acceptors (Lipinski definition) is 4. The summed E-state index contributed by atoms with van der Waals surface area (Å²) in [4.78, 5) is 12.2. The highest BCUT2D eigenvalue weighted by molar-refractivity contribution is 9.10. The summed E-state index contributed by atoms with van der Waals surface area (Å²) < 4.78 is 7.97. The number of hydrogen-bond donors (Lipinski definition) is 1. The second-order valence-electron chi connectivity index (χ2n) is 5.47. The largest absolute Gasteiger partial charge is 0.496 e. The van der Waals surface area contributed by atoms with E-state index in [0.29, 0.717) is 18.0 Å². The summed E-state index contributed by atoms with van der Waals surface area (Å²) >= 11 is 3.41. The van der Waals surface area contributed by atoms with E-state index < -0.39 is 0 Å². The minimum absolute atomic E-state index is 0.305. The molecule has 3 aromatic rings. The Kier molecular flexibility index (Phi) is 5.80. The number of carbonyl (C=O) groups is 1. The van der Waals surface area contributed by atoms with Gasteiger partial charge in [0.05, 0.1) is 19.9 Å². The molecule has 0 aliphatic rings. The molecule has 0 radical (unpaired) electrons. The normalized spacial score (nSPS) is 10.8. The number of para-hydroxylation sites is 1. The predicted molar refractivity (Wildman–Crippen MR) is 104 cm³/mol. The van der Waals surface area contributed by atoms with Crippen LogP contribution in [0, 0.1) is 0 Å². The second kappa shape index (κ2) is 8.44. The quantitative estimate of drug-likeness (QED) is 0.497. The Labute approximate surface area is 159 Å². The average Bonchev–Trinajstić information content (AvgIpc) is 3.12. The van der Waals surface area contributed by atoms with Gasteiger partial charge >= 0.3 is 0 Å². The minimum Gasteiger partial charge on any atom is -0.496 e. The molecule has 0 saturated carbocycles. The van der Waals surface area contributed by atoms with Gasteiger partial charge in [-0.3, -0.25) is 9.48 Å². The molecule has 0 fully saturated rings. The number of amides is 1. The maximum Gasteiger partial charge on any atom is 0.291 e. The average molecular weight is 413 g/mol. The fourth-order valence-corrected chi connectivity index (χ4v) is 2.60. The van der Waals surface area contributed by atoms with Crippen LogP contribution in [0.4, 0.5) is 0 Å². The lowest BCUT2D eigenvalue weighted by Gasteiger charge is -2.03. The van der Waals surface area contributed by atoms with Crippen molar-refractivity contribution >= 4 is 28.1 Å². The van der Waals surface area contributed by atoms with Gasteiger partial charge in [-0.15, -0.1) is 0 Å². The predicted octanol–water partition coefficient (Wildman–Crippen LogP) is 3.47. The van der Waals surface area contributed by atoms with E-state index in [4.69, 9.17) is 4.74 Å². The molecule has 0 saturated heterocycles. The van der Waals surface area contributed by atoms with Crippen LogP contribution in [0.2, 0.25) is 0 Å². The van der Waals surface area contributed by atoms with Gasteiger partial charge in [-0.1, -0.05) is 40.2 Å². The Morgan fingerprint density at radius 2 is 2.00 bits per heavy atom. The van der Waals surface area contributed by atoms with Gasteiger partial charge in [0.2, 0.25) is 0 Å². The number of halogens is 1. The molecule has 132 valence electrons. The summed E-state index contributed by atoms with van der Waals surface area (Å²) in [7, 11) is 1.59. The molecular formula is C19H17BrN4O2. The standard InChI is InChI=1S/C19H17BrN4O2/c1-26-18-5-3-2-4-15(18)12-21-22-19(25)17-10-11-24(23-17)13-14-6-8-16(20)9-7-14/h2-12H,13H2,1H3,(H,22,25)/b21-12+. The SMILES string of the molecule is COc1ccccc1/C=N/NC(=O)c1ccn(Cc2ccc(Br)cc2)n1. The number of nitrogens with one attached hydrogen (secondary N) is 1. The maximum atomic E-state index is 12.2. The number of methoxy groups -OCH3 is 1. The molecule has 0 bridgehead atoms. The number of ether oxygens (including phenoxy) is 1. The Bertz CT molecular complexity index is 919. The highest BCUT2D eigenvalue weighted by Crippen LogP contribution is 2.14. The fraction of sp³-hybridized carbons (Fsp3) is 0.105. The van der Waals surface area contributed by atoms with Gasteiger partial charge in [-0.25, -0.2) is 5.43 Å². The number of hydrazone groups is 1. The first-order valence-electron chi connectivity index (χ1n) is 7.90. The summed E-state index contributed by atoms with van der Waals surface area (Å²) in [5, 5.41) is 8.25. The summed E-state index contributed by atoms with van der Waals surface area (Å²) in [6, 6.07) is 17.0. The zero-order valence-corrected chi connectivity index (χ0v) is 15.7. The Morgan fingerprint density at radius 1 is 1.23 bits per heavy atom. The van der Waals surface area contributed by atoms with Gasteiger partial charge < -0.3 is 4.74 Å². The van der Waals surface area contributed by atoms with Gasteiger partial charge in [0.25, 0.3) is 5.91 Å². The van der Waals surface area contributed by atoms with Gasteiger partial charge in [0.15, 0.2) is 5.69 Å². The van der Waals surface area contributed by atoms with Crippen molar-refractivity contribution < 1.29 is 9.53 Å². The molecule has 1 heterocycles. The highest BCUT2D eigenvalue weighted by atomic mass is 79.9. The summed E-state index contributed by atoms with van der Waals surface area (Å²) in [5.74, 6) is 0.315. The summed E-state index contributed by atoms with van der Waals surface area (Å²) in [6.07, 6.45) is 3.30. The minimum atomic E-state index is -0.370. The highest BCUT2D eigenvalue weighted by Gasteiger charge is 2.09. The van der Waals surface area contributed by atoms with Crippen molar-refractivity contribution in [2.24, 2.45) is 5.10 Å². The van der Waals surface area contributed by atoms with Gasteiger partial charge in [-0.05, 0) is 35.9 Å². The first-order chi connectivity index (χ1) is 12.7. The first-order valence-corrected chi connectivity index (χ1v) is 8.69. The smallest absolute Gasteiger partial charge is 0.291 e. The topological polar surface area (TPSA) is 68.5 Å².